The lowest BCUT2D eigenvalue weighted by Gasteiger charge is -2.19. The number of rotatable bonds is 2. The van der Waals surface area contributed by atoms with E-state index in [1.54, 1.807) is 7.11 Å². The zero-order chi connectivity index (χ0) is 11.5. The van der Waals surface area contributed by atoms with Gasteiger partial charge in [-0.2, -0.15) is 5.26 Å². The van der Waals surface area contributed by atoms with E-state index < -0.39 is 5.92 Å². The molecule has 1 aliphatic rings. The summed E-state index contributed by atoms with van der Waals surface area (Å²) in [5.41, 5.74) is 0.871. The molecule has 1 aromatic rings. The van der Waals surface area contributed by atoms with Gasteiger partial charge in [-0.25, -0.2) is 0 Å². The van der Waals surface area contributed by atoms with E-state index in [1.165, 1.54) is 0 Å². The van der Waals surface area contributed by atoms with Crippen molar-refractivity contribution in [2.75, 3.05) is 25.1 Å². The number of anilines is 1. The first-order valence-electron chi connectivity index (χ1n) is 5.06. The summed E-state index contributed by atoms with van der Waals surface area (Å²) in [6.45, 7) is 0.744. The molecule has 2 rings (SSSR count). The van der Waals surface area contributed by atoms with E-state index in [1.807, 2.05) is 35.2 Å². The Morgan fingerprint density at radius 2 is 2.25 bits per heavy atom. The van der Waals surface area contributed by atoms with Crippen molar-refractivity contribution in [3.05, 3.63) is 24.3 Å². The number of carbonyl (C=O) groups excluding carboxylic acids is 1. The van der Waals surface area contributed by atoms with Gasteiger partial charge in [-0.3, -0.25) is 4.79 Å². The van der Waals surface area contributed by atoms with Crippen LogP contribution in [0.2, 0.25) is 0 Å². The Labute approximate surface area is 94.0 Å². The molecule has 0 amide bonds. The van der Waals surface area contributed by atoms with E-state index >= 15 is 0 Å². The number of hydrogen-bond donors (Lipinski definition) is 0. The van der Waals surface area contributed by atoms with Crippen molar-refractivity contribution in [1.29, 1.82) is 5.26 Å². The van der Waals surface area contributed by atoms with Crippen molar-refractivity contribution < 1.29 is 9.53 Å². The number of methoxy groups -OCH3 is 1. The summed E-state index contributed by atoms with van der Waals surface area (Å²) >= 11 is 0. The normalized spacial score (nSPS) is 19.6. The summed E-state index contributed by atoms with van der Waals surface area (Å²) in [6.07, 6.45) is 0. The molecule has 1 saturated heterocycles. The minimum Gasteiger partial charge on any atom is -0.495 e. The van der Waals surface area contributed by atoms with Gasteiger partial charge in [0.2, 0.25) is 0 Å². The van der Waals surface area contributed by atoms with E-state index in [0.29, 0.717) is 13.1 Å². The highest BCUT2D eigenvalue weighted by Crippen LogP contribution is 2.30. The average molecular weight is 216 g/mol. The molecule has 1 heterocycles. The third-order valence-corrected chi connectivity index (χ3v) is 2.72. The maximum atomic E-state index is 11.5. The average Bonchev–Trinajstić information content (AvgIpc) is 2.70. The number of ether oxygens (including phenoxy) is 1. The van der Waals surface area contributed by atoms with Gasteiger partial charge in [-0.15, -0.1) is 0 Å². The van der Waals surface area contributed by atoms with E-state index in [-0.39, 0.29) is 5.78 Å². The molecule has 0 saturated carbocycles. The molecule has 1 fully saturated rings. The molecular formula is C12H12N2O2. The van der Waals surface area contributed by atoms with Gasteiger partial charge < -0.3 is 9.64 Å². The third-order valence-electron chi connectivity index (χ3n) is 2.72. The molecule has 0 aromatic heterocycles. The highest BCUT2D eigenvalue weighted by atomic mass is 16.5. The largest absolute Gasteiger partial charge is 0.495 e. The van der Waals surface area contributed by atoms with Crippen LogP contribution in [0.4, 0.5) is 5.69 Å². The molecule has 1 aromatic carbocycles. The number of carbonyl (C=O) groups is 1. The quantitative estimate of drug-likeness (QED) is 0.746. The summed E-state index contributed by atoms with van der Waals surface area (Å²) in [5, 5.41) is 8.80. The Hall–Kier alpha value is -2.02. The molecule has 0 radical (unpaired) electrons. The Kier molecular flexibility index (Phi) is 2.78. The Morgan fingerprint density at radius 1 is 1.50 bits per heavy atom. The molecule has 0 aliphatic carbocycles. The van der Waals surface area contributed by atoms with Gasteiger partial charge in [0.15, 0.2) is 5.78 Å². The lowest BCUT2D eigenvalue weighted by Crippen LogP contribution is -2.20. The number of para-hydroxylation sites is 2. The van der Waals surface area contributed by atoms with Crippen molar-refractivity contribution in [3.63, 3.8) is 0 Å². The summed E-state index contributed by atoms with van der Waals surface area (Å²) in [7, 11) is 1.60. The molecule has 4 nitrogen and oxygen atoms in total. The van der Waals surface area contributed by atoms with E-state index in [4.69, 9.17) is 10.00 Å². The van der Waals surface area contributed by atoms with Crippen molar-refractivity contribution in [3.8, 4) is 11.8 Å². The van der Waals surface area contributed by atoms with Crippen LogP contribution in [0.15, 0.2) is 24.3 Å². The van der Waals surface area contributed by atoms with Crippen LogP contribution in [0.3, 0.4) is 0 Å². The van der Waals surface area contributed by atoms with Gasteiger partial charge in [0.25, 0.3) is 0 Å². The molecule has 0 spiro atoms. The van der Waals surface area contributed by atoms with Crippen LogP contribution < -0.4 is 9.64 Å². The number of hydrogen-bond acceptors (Lipinski definition) is 4. The fraction of sp³-hybridized carbons (Fsp3) is 0.333. The molecule has 0 N–H and O–H groups in total. The van der Waals surface area contributed by atoms with Crippen LogP contribution >= 0.6 is 0 Å². The van der Waals surface area contributed by atoms with Crippen LogP contribution in [0.5, 0.6) is 5.75 Å². The summed E-state index contributed by atoms with van der Waals surface area (Å²) in [6, 6.07) is 9.53. The summed E-state index contributed by atoms with van der Waals surface area (Å²) < 4.78 is 5.23. The van der Waals surface area contributed by atoms with Crippen LogP contribution in [0.1, 0.15) is 0 Å². The molecular weight excluding hydrogens is 204 g/mol. The van der Waals surface area contributed by atoms with Gasteiger partial charge in [0.05, 0.1) is 25.4 Å². The lowest BCUT2D eigenvalue weighted by molar-refractivity contribution is -0.118. The topological polar surface area (TPSA) is 53.3 Å². The van der Waals surface area contributed by atoms with Gasteiger partial charge in [-0.1, -0.05) is 12.1 Å². The molecule has 0 unspecified atom stereocenters. The maximum Gasteiger partial charge on any atom is 0.170 e. The van der Waals surface area contributed by atoms with E-state index in [0.717, 1.165) is 11.4 Å². The molecule has 4 heteroatoms. The number of nitriles is 1. The van der Waals surface area contributed by atoms with Crippen molar-refractivity contribution >= 4 is 11.5 Å². The van der Waals surface area contributed by atoms with Crippen LogP contribution in [-0.4, -0.2) is 26.0 Å². The third kappa shape index (κ3) is 1.72. The Balaban J connectivity index is 2.27. The molecule has 1 atom stereocenters. The van der Waals surface area contributed by atoms with Crippen molar-refractivity contribution in [2.45, 2.75) is 0 Å². The fourth-order valence-corrected chi connectivity index (χ4v) is 1.87. The first kappa shape index (κ1) is 10.5. The maximum absolute atomic E-state index is 11.5. The minimum absolute atomic E-state index is 0.0200. The van der Waals surface area contributed by atoms with E-state index in [2.05, 4.69) is 0 Å². The molecule has 0 bridgehead atoms. The van der Waals surface area contributed by atoms with Gasteiger partial charge in [-0.05, 0) is 12.1 Å². The fourth-order valence-electron chi connectivity index (χ4n) is 1.87. The number of nitrogens with zero attached hydrogens (tertiary/aromatic N) is 2. The van der Waals surface area contributed by atoms with Gasteiger partial charge in [0.1, 0.15) is 11.7 Å². The summed E-state index contributed by atoms with van der Waals surface area (Å²) in [4.78, 5) is 13.4. The second-order valence-electron chi connectivity index (χ2n) is 3.70. The number of benzene rings is 1. The van der Waals surface area contributed by atoms with Crippen LogP contribution in [-0.2, 0) is 4.79 Å². The lowest BCUT2D eigenvalue weighted by atomic mass is 10.1. The van der Waals surface area contributed by atoms with Gasteiger partial charge in [0, 0.05) is 6.54 Å². The van der Waals surface area contributed by atoms with Gasteiger partial charge >= 0.3 is 0 Å². The predicted molar refractivity (Wildman–Crippen MR) is 59.3 cm³/mol. The highest BCUT2D eigenvalue weighted by Gasteiger charge is 2.31. The highest BCUT2D eigenvalue weighted by molar-refractivity contribution is 5.92. The molecule has 1 aliphatic heterocycles. The molecule has 82 valence electrons. The second-order valence-corrected chi connectivity index (χ2v) is 3.70. The van der Waals surface area contributed by atoms with Crippen LogP contribution in [0.25, 0.3) is 0 Å². The predicted octanol–water partition coefficient (Wildman–Crippen LogP) is 1.22. The Morgan fingerprint density at radius 3 is 2.88 bits per heavy atom. The zero-order valence-electron chi connectivity index (χ0n) is 9.01. The first-order chi connectivity index (χ1) is 7.76. The number of ketones is 1. The van der Waals surface area contributed by atoms with Crippen LogP contribution in [0, 0.1) is 17.2 Å². The van der Waals surface area contributed by atoms with Crippen molar-refractivity contribution in [1.82, 2.24) is 0 Å². The Bertz CT molecular complexity index is 451. The summed E-state index contributed by atoms with van der Waals surface area (Å²) in [5.74, 6) is 0.201. The monoisotopic (exact) mass is 216 g/mol. The smallest absolute Gasteiger partial charge is 0.170 e. The SMILES string of the molecule is COc1ccccc1N1CC(=O)[C@@H](C#N)C1. The minimum atomic E-state index is -0.509. The van der Waals surface area contributed by atoms with E-state index in [9.17, 15) is 4.79 Å². The standard InChI is InChI=1S/C12H12N2O2/c1-16-12-5-3-2-4-10(12)14-7-9(6-13)11(15)8-14/h2-5,9H,7-8H2,1H3/t9-/m0/s1. The number of Topliss-reactive ketones (excluding diaryl/α,β-unsaturated/α-hetero) is 1. The zero-order valence-corrected chi connectivity index (χ0v) is 9.01. The first-order valence-corrected chi connectivity index (χ1v) is 5.06. The second kappa shape index (κ2) is 4.23. The molecule has 16 heavy (non-hydrogen) atoms. The van der Waals surface area contributed by atoms with Crippen molar-refractivity contribution in [2.24, 2.45) is 5.92 Å².